The predicted octanol–water partition coefficient (Wildman–Crippen LogP) is 1.52. The molecular formula is C15H26N4O. The molecule has 1 atom stereocenters. The lowest BCUT2D eigenvalue weighted by molar-refractivity contribution is -0.132. The zero-order valence-corrected chi connectivity index (χ0v) is 13.1. The van der Waals surface area contributed by atoms with Crippen LogP contribution in [-0.4, -0.2) is 40.5 Å². The molecule has 5 heteroatoms. The van der Waals surface area contributed by atoms with Crippen molar-refractivity contribution in [3.63, 3.8) is 0 Å². The fourth-order valence-electron chi connectivity index (χ4n) is 2.83. The fourth-order valence-corrected chi connectivity index (χ4v) is 2.83. The number of nitrogens with zero attached hydrogens (tertiary/aromatic N) is 3. The molecule has 1 aromatic rings. The van der Waals surface area contributed by atoms with Crippen LogP contribution >= 0.6 is 0 Å². The van der Waals surface area contributed by atoms with E-state index in [-0.39, 0.29) is 11.9 Å². The van der Waals surface area contributed by atoms with Gasteiger partial charge in [-0.25, -0.2) is 4.98 Å². The van der Waals surface area contributed by atoms with Gasteiger partial charge in [0.05, 0.1) is 5.69 Å². The molecule has 1 aromatic heterocycles. The van der Waals surface area contributed by atoms with Crippen LogP contribution < -0.4 is 5.32 Å². The molecule has 0 saturated heterocycles. The van der Waals surface area contributed by atoms with Gasteiger partial charge in [0.25, 0.3) is 0 Å². The number of nitrogens with one attached hydrogen (secondary N) is 1. The largest absolute Gasteiger partial charge is 0.344 e. The van der Waals surface area contributed by atoms with Crippen LogP contribution in [0.15, 0.2) is 0 Å². The monoisotopic (exact) mass is 278 g/mol. The minimum absolute atomic E-state index is 0.157. The highest BCUT2D eigenvalue weighted by Gasteiger charge is 2.27. The van der Waals surface area contributed by atoms with Gasteiger partial charge in [-0.15, -0.1) is 0 Å². The van der Waals surface area contributed by atoms with E-state index in [1.807, 2.05) is 20.9 Å². The molecule has 0 aromatic carbocycles. The van der Waals surface area contributed by atoms with Gasteiger partial charge in [-0.05, 0) is 20.3 Å². The van der Waals surface area contributed by atoms with Gasteiger partial charge < -0.3 is 14.8 Å². The van der Waals surface area contributed by atoms with Crippen LogP contribution in [0.1, 0.15) is 50.4 Å². The zero-order chi connectivity index (χ0) is 14.7. The Kier molecular flexibility index (Phi) is 4.81. The summed E-state index contributed by atoms with van der Waals surface area (Å²) in [5.41, 5.74) is 2.37. The van der Waals surface area contributed by atoms with Gasteiger partial charge >= 0.3 is 0 Å². The third kappa shape index (κ3) is 2.73. The molecular weight excluding hydrogens is 252 g/mol. The quantitative estimate of drug-likeness (QED) is 0.888. The summed E-state index contributed by atoms with van der Waals surface area (Å²) >= 11 is 0. The Morgan fingerprint density at radius 2 is 2.25 bits per heavy atom. The van der Waals surface area contributed by atoms with E-state index in [2.05, 4.69) is 16.8 Å². The molecule has 0 fully saturated rings. The van der Waals surface area contributed by atoms with Crippen molar-refractivity contribution in [3.8, 4) is 0 Å². The SMILES string of the molecule is CCCc1nc2c(n1C(C)C(=O)N(C)CC)CCNC2. The van der Waals surface area contributed by atoms with E-state index in [1.54, 1.807) is 4.90 Å². The van der Waals surface area contributed by atoms with Crippen molar-refractivity contribution in [1.82, 2.24) is 19.8 Å². The summed E-state index contributed by atoms with van der Waals surface area (Å²) in [4.78, 5) is 19.0. The van der Waals surface area contributed by atoms with Crippen LogP contribution in [0, 0.1) is 0 Å². The molecule has 2 heterocycles. The van der Waals surface area contributed by atoms with Gasteiger partial charge in [0.2, 0.25) is 5.91 Å². The maximum Gasteiger partial charge on any atom is 0.245 e. The smallest absolute Gasteiger partial charge is 0.245 e. The van der Waals surface area contributed by atoms with Crippen LogP contribution in [0.4, 0.5) is 0 Å². The second kappa shape index (κ2) is 6.39. The Balaban J connectivity index is 2.37. The van der Waals surface area contributed by atoms with E-state index in [0.717, 1.165) is 50.4 Å². The standard InChI is InChI=1S/C15H26N4O/c1-5-7-14-17-12-10-16-9-8-13(12)19(14)11(3)15(20)18(4)6-2/h11,16H,5-10H2,1-4H3. The van der Waals surface area contributed by atoms with Crippen molar-refractivity contribution >= 4 is 5.91 Å². The maximum atomic E-state index is 12.5. The lowest BCUT2D eigenvalue weighted by atomic mass is 10.1. The highest BCUT2D eigenvalue weighted by Crippen LogP contribution is 2.23. The molecule has 1 aliphatic rings. The maximum absolute atomic E-state index is 12.5. The summed E-state index contributed by atoms with van der Waals surface area (Å²) in [7, 11) is 1.86. The number of carbonyl (C=O) groups is 1. The average Bonchev–Trinajstić information content (AvgIpc) is 2.83. The number of carbonyl (C=O) groups excluding carboxylic acids is 1. The first-order valence-electron chi connectivity index (χ1n) is 7.64. The molecule has 0 aliphatic carbocycles. The molecule has 1 N–H and O–H groups in total. The first-order valence-corrected chi connectivity index (χ1v) is 7.64. The molecule has 0 spiro atoms. The van der Waals surface area contributed by atoms with Crippen LogP contribution in [-0.2, 0) is 24.2 Å². The molecule has 0 radical (unpaired) electrons. The van der Waals surface area contributed by atoms with E-state index in [9.17, 15) is 4.79 Å². The number of hydrogen-bond donors (Lipinski definition) is 1. The summed E-state index contributed by atoms with van der Waals surface area (Å²) in [5, 5.41) is 3.35. The minimum Gasteiger partial charge on any atom is -0.344 e. The Bertz CT molecular complexity index is 480. The third-order valence-electron chi connectivity index (χ3n) is 4.07. The number of aromatic nitrogens is 2. The van der Waals surface area contributed by atoms with Gasteiger partial charge in [-0.3, -0.25) is 4.79 Å². The van der Waals surface area contributed by atoms with Gasteiger partial charge in [0.15, 0.2) is 0 Å². The van der Waals surface area contributed by atoms with Crippen molar-refractivity contribution in [2.24, 2.45) is 0 Å². The first kappa shape index (κ1) is 15.0. The van der Waals surface area contributed by atoms with E-state index in [1.165, 1.54) is 5.69 Å². The summed E-state index contributed by atoms with van der Waals surface area (Å²) in [6.07, 6.45) is 2.94. The molecule has 1 unspecified atom stereocenters. The molecule has 0 saturated carbocycles. The number of likely N-dealkylation sites (N-methyl/N-ethyl adjacent to an activating group) is 1. The van der Waals surface area contributed by atoms with Crippen molar-refractivity contribution < 1.29 is 4.79 Å². The minimum atomic E-state index is -0.157. The predicted molar refractivity (Wildman–Crippen MR) is 79.7 cm³/mol. The highest BCUT2D eigenvalue weighted by molar-refractivity contribution is 5.80. The Morgan fingerprint density at radius 3 is 2.90 bits per heavy atom. The highest BCUT2D eigenvalue weighted by atomic mass is 16.2. The van der Waals surface area contributed by atoms with Crippen molar-refractivity contribution in [2.45, 2.75) is 52.6 Å². The molecule has 1 aliphatic heterocycles. The van der Waals surface area contributed by atoms with E-state index < -0.39 is 0 Å². The number of amides is 1. The molecule has 20 heavy (non-hydrogen) atoms. The van der Waals surface area contributed by atoms with Gasteiger partial charge in [0.1, 0.15) is 11.9 Å². The van der Waals surface area contributed by atoms with E-state index in [4.69, 9.17) is 4.98 Å². The Morgan fingerprint density at radius 1 is 1.50 bits per heavy atom. The molecule has 112 valence electrons. The van der Waals surface area contributed by atoms with E-state index in [0.29, 0.717) is 0 Å². The number of fused-ring (bicyclic) bond motifs is 1. The van der Waals surface area contributed by atoms with Crippen LogP contribution in [0.2, 0.25) is 0 Å². The fraction of sp³-hybridized carbons (Fsp3) is 0.733. The molecule has 0 bridgehead atoms. The number of imidazole rings is 1. The van der Waals surface area contributed by atoms with Crippen LogP contribution in [0.5, 0.6) is 0 Å². The summed E-state index contributed by atoms with van der Waals surface area (Å²) in [6.45, 7) is 8.69. The lowest BCUT2D eigenvalue weighted by Gasteiger charge is -2.25. The van der Waals surface area contributed by atoms with Crippen LogP contribution in [0.25, 0.3) is 0 Å². The number of rotatable bonds is 5. The summed E-state index contributed by atoms with van der Waals surface area (Å²) < 4.78 is 2.19. The van der Waals surface area contributed by atoms with Crippen molar-refractivity contribution in [3.05, 3.63) is 17.2 Å². The van der Waals surface area contributed by atoms with Gasteiger partial charge in [-0.1, -0.05) is 6.92 Å². The molecule has 2 rings (SSSR count). The second-order valence-corrected chi connectivity index (χ2v) is 5.50. The summed E-state index contributed by atoms with van der Waals surface area (Å²) in [6, 6.07) is -0.157. The van der Waals surface area contributed by atoms with Crippen LogP contribution in [0.3, 0.4) is 0 Å². The Labute approximate surface area is 121 Å². The lowest BCUT2D eigenvalue weighted by Crippen LogP contribution is -2.35. The van der Waals surface area contributed by atoms with Gasteiger partial charge in [-0.2, -0.15) is 0 Å². The van der Waals surface area contributed by atoms with Crippen molar-refractivity contribution in [2.75, 3.05) is 20.1 Å². The van der Waals surface area contributed by atoms with Crippen molar-refractivity contribution in [1.29, 1.82) is 0 Å². The topological polar surface area (TPSA) is 50.2 Å². The normalized spacial score (nSPS) is 15.8. The van der Waals surface area contributed by atoms with Gasteiger partial charge in [0, 0.05) is 45.2 Å². The number of hydrogen-bond acceptors (Lipinski definition) is 3. The Hall–Kier alpha value is -1.36. The molecule has 1 amide bonds. The number of aryl methyl sites for hydroxylation is 1. The van der Waals surface area contributed by atoms with E-state index >= 15 is 0 Å². The first-order chi connectivity index (χ1) is 9.60. The average molecular weight is 278 g/mol. The second-order valence-electron chi connectivity index (χ2n) is 5.50. The third-order valence-corrected chi connectivity index (χ3v) is 4.07. The molecule has 5 nitrogen and oxygen atoms in total. The zero-order valence-electron chi connectivity index (χ0n) is 13.1. The summed E-state index contributed by atoms with van der Waals surface area (Å²) in [5.74, 6) is 1.23.